The van der Waals surface area contributed by atoms with Crippen LogP contribution in [0, 0.1) is 0 Å². The first-order valence-corrected chi connectivity index (χ1v) is 7.57. The van der Waals surface area contributed by atoms with Gasteiger partial charge in [-0.25, -0.2) is 9.48 Å². The molecule has 1 aliphatic heterocycles. The van der Waals surface area contributed by atoms with Gasteiger partial charge in [0.2, 0.25) is 5.95 Å². The van der Waals surface area contributed by atoms with Crippen molar-refractivity contribution < 1.29 is 23.0 Å². The molecule has 25 heavy (non-hydrogen) atoms. The van der Waals surface area contributed by atoms with E-state index in [0.717, 1.165) is 0 Å². The molecule has 1 aromatic carbocycles. The standard InChI is InChI=1S/C16H16F2N4O3/c1-3-11-12(14(23)24-2)13(22-16(21-11)19-8-20-22)9-4-6-10(7-5-9)25-15(17)18/h4-8,13,15H,3H2,1-2H3,(H,19,20,21)/t13-/m1/s1. The smallest absolute Gasteiger partial charge is 0.387 e. The molecule has 0 bridgehead atoms. The zero-order chi connectivity index (χ0) is 18.0. The number of methoxy groups -OCH3 is 1. The number of carbonyl (C=O) groups excluding carboxylic acids is 1. The topological polar surface area (TPSA) is 78.3 Å². The second-order valence-corrected chi connectivity index (χ2v) is 5.24. The summed E-state index contributed by atoms with van der Waals surface area (Å²) in [5, 5.41) is 7.24. The van der Waals surface area contributed by atoms with Crippen LogP contribution in [0.15, 0.2) is 41.9 Å². The Kier molecular flexibility index (Phi) is 4.64. The summed E-state index contributed by atoms with van der Waals surface area (Å²) in [6.07, 6.45) is 1.93. The maximum Gasteiger partial charge on any atom is 0.387 e. The molecule has 0 fully saturated rings. The third-order valence-electron chi connectivity index (χ3n) is 3.86. The molecular weight excluding hydrogens is 334 g/mol. The lowest BCUT2D eigenvalue weighted by atomic mass is 9.94. The second-order valence-electron chi connectivity index (χ2n) is 5.24. The van der Waals surface area contributed by atoms with E-state index in [1.165, 1.54) is 25.6 Å². The minimum absolute atomic E-state index is 0.0332. The van der Waals surface area contributed by atoms with Gasteiger partial charge in [0.1, 0.15) is 18.1 Å². The van der Waals surface area contributed by atoms with E-state index < -0.39 is 18.6 Å². The summed E-state index contributed by atoms with van der Waals surface area (Å²) in [4.78, 5) is 16.5. The number of hydrogen-bond acceptors (Lipinski definition) is 6. The van der Waals surface area contributed by atoms with Crippen molar-refractivity contribution in [2.75, 3.05) is 12.4 Å². The van der Waals surface area contributed by atoms with Gasteiger partial charge in [-0.1, -0.05) is 19.1 Å². The van der Waals surface area contributed by atoms with E-state index >= 15 is 0 Å². The molecule has 0 spiro atoms. The predicted molar refractivity (Wildman–Crippen MR) is 84.2 cm³/mol. The molecule has 132 valence electrons. The summed E-state index contributed by atoms with van der Waals surface area (Å²) in [5.41, 5.74) is 1.73. The molecule has 0 unspecified atom stereocenters. The number of allylic oxidation sites excluding steroid dienone is 1. The highest BCUT2D eigenvalue weighted by Gasteiger charge is 2.34. The molecule has 0 amide bonds. The quantitative estimate of drug-likeness (QED) is 0.836. The summed E-state index contributed by atoms with van der Waals surface area (Å²) >= 11 is 0. The van der Waals surface area contributed by atoms with Gasteiger partial charge in [-0.15, -0.1) is 0 Å². The van der Waals surface area contributed by atoms with Crippen LogP contribution in [-0.4, -0.2) is 34.5 Å². The highest BCUT2D eigenvalue weighted by molar-refractivity contribution is 5.92. The molecule has 2 aromatic rings. The van der Waals surface area contributed by atoms with Crippen LogP contribution in [-0.2, 0) is 9.53 Å². The fourth-order valence-electron chi connectivity index (χ4n) is 2.78. The van der Waals surface area contributed by atoms with E-state index in [4.69, 9.17) is 4.74 Å². The van der Waals surface area contributed by atoms with Gasteiger partial charge in [-0.05, 0) is 24.1 Å². The van der Waals surface area contributed by atoms with Gasteiger partial charge in [0.15, 0.2) is 0 Å². The molecule has 3 rings (SSSR count). The molecule has 1 aromatic heterocycles. The summed E-state index contributed by atoms with van der Waals surface area (Å²) in [6.45, 7) is -1.00. The monoisotopic (exact) mass is 350 g/mol. The highest BCUT2D eigenvalue weighted by Crippen LogP contribution is 2.36. The van der Waals surface area contributed by atoms with Gasteiger partial charge in [-0.2, -0.15) is 18.9 Å². The Balaban J connectivity index is 2.07. The molecule has 7 nitrogen and oxygen atoms in total. The van der Waals surface area contributed by atoms with E-state index in [1.807, 2.05) is 6.92 Å². The number of fused-ring (bicyclic) bond motifs is 1. The zero-order valence-corrected chi connectivity index (χ0v) is 13.6. The van der Waals surface area contributed by atoms with Crippen molar-refractivity contribution in [3.05, 3.63) is 47.4 Å². The van der Waals surface area contributed by atoms with E-state index in [0.29, 0.717) is 29.2 Å². The predicted octanol–water partition coefficient (Wildman–Crippen LogP) is 2.73. The lowest BCUT2D eigenvalue weighted by Gasteiger charge is -2.28. The van der Waals surface area contributed by atoms with Crippen LogP contribution in [0.25, 0.3) is 0 Å². The van der Waals surface area contributed by atoms with Crippen molar-refractivity contribution in [2.45, 2.75) is 26.0 Å². The minimum Gasteiger partial charge on any atom is -0.466 e. The Bertz CT molecular complexity index is 802. The molecule has 0 aliphatic carbocycles. The van der Waals surface area contributed by atoms with Crippen molar-refractivity contribution in [1.82, 2.24) is 14.8 Å². The average Bonchev–Trinajstić information content (AvgIpc) is 3.07. The molecular formula is C16H16F2N4O3. The number of rotatable bonds is 5. The number of anilines is 1. The van der Waals surface area contributed by atoms with Crippen molar-refractivity contribution >= 4 is 11.9 Å². The van der Waals surface area contributed by atoms with Crippen LogP contribution in [0.1, 0.15) is 24.9 Å². The SMILES string of the molecule is CCC1=C(C(=O)OC)[C@@H](c2ccc(OC(F)F)cc2)n2ncnc2N1. The van der Waals surface area contributed by atoms with Crippen LogP contribution in [0.4, 0.5) is 14.7 Å². The number of hydrogen-bond donors (Lipinski definition) is 1. The average molecular weight is 350 g/mol. The normalized spacial score (nSPS) is 16.4. The Morgan fingerprint density at radius 1 is 1.36 bits per heavy atom. The molecule has 9 heteroatoms. The highest BCUT2D eigenvalue weighted by atomic mass is 19.3. The summed E-state index contributed by atoms with van der Waals surface area (Å²) in [5.74, 6) is 0.0247. The van der Waals surface area contributed by atoms with Crippen LogP contribution in [0.5, 0.6) is 5.75 Å². The number of esters is 1. The molecule has 2 heterocycles. The molecule has 0 saturated heterocycles. The Morgan fingerprint density at radius 2 is 2.08 bits per heavy atom. The van der Waals surface area contributed by atoms with Crippen molar-refractivity contribution in [3.63, 3.8) is 0 Å². The number of carbonyl (C=O) groups is 1. The number of ether oxygens (including phenoxy) is 2. The van der Waals surface area contributed by atoms with Crippen LogP contribution >= 0.6 is 0 Å². The summed E-state index contributed by atoms with van der Waals surface area (Å²) in [6, 6.07) is 5.47. The van der Waals surface area contributed by atoms with Crippen molar-refractivity contribution in [2.24, 2.45) is 0 Å². The molecule has 0 saturated carbocycles. The third kappa shape index (κ3) is 3.17. The first kappa shape index (κ1) is 16.9. The van der Waals surface area contributed by atoms with E-state index in [-0.39, 0.29) is 5.75 Å². The Morgan fingerprint density at radius 3 is 2.68 bits per heavy atom. The number of benzene rings is 1. The summed E-state index contributed by atoms with van der Waals surface area (Å²) < 4.78 is 35.5. The summed E-state index contributed by atoms with van der Waals surface area (Å²) in [7, 11) is 1.30. The van der Waals surface area contributed by atoms with Crippen molar-refractivity contribution in [3.8, 4) is 5.75 Å². The molecule has 1 atom stereocenters. The number of nitrogens with one attached hydrogen (secondary N) is 1. The van der Waals surface area contributed by atoms with Crippen molar-refractivity contribution in [1.29, 1.82) is 0 Å². The zero-order valence-electron chi connectivity index (χ0n) is 13.6. The van der Waals surface area contributed by atoms with E-state index in [9.17, 15) is 13.6 Å². The van der Waals surface area contributed by atoms with Crippen LogP contribution in [0.3, 0.4) is 0 Å². The fourth-order valence-corrected chi connectivity index (χ4v) is 2.78. The van der Waals surface area contributed by atoms with E-state index in [1.54, 1.807) is 16.8 Å². The lowest BCUT2D eigenvalue weighted by Crippen LogP contribution is -2.30. The molecule has 0 radical (unpaired) electrons. The number of alkyl halides is 2. The van der Waals surface area contributed by atoms with Gasteiger partial charge >= 0.3 is 12.6 Å². The third-order valence-corrected chi connectivity index (χ3v) is 3.86. The van der Waals surface area contributed by atoms with E-state index in [2.05, 4.69) is 20.1 Å². The number of nitrogens with zero attached hydrogens (tertiary/aromatic N) is 3. The maximum absolute atomic E-state index is 12.4. The Labute approximate surface area is 142 Å². The van der Waals surface area contributed by atoms with Crippen LogP contribution in [0.2, 0.25) is 0 Å². The van der Waals surface area contributed by atoms with Crippen LogP contribution < -0.4 is 10.1 Å². The first-order valence-electron chi connectivity index (χ1n) is 7.57. The second kappa shape index (κ2) is 6.88. The molecule has 1 N–H and O–H groups in total. The van der Waals surface area contributed by atoms with Gasteiger partial charge < -0.3 is 14.8 Å². The largest absolute Gasteiger partial charge is 0.466 e. The van der Waals surface area contributed by atoms with Gasteiger partial charge in [-0.3, -0.25) is 0 Å². The lowest BCUT2D eigenvalue weighted by molar-refractivity contribution is -0.136. The van der Waals surface area contributed by atoms with Gasteiger partial charge in [0, 0.05) is 5.70 Å². The minimum atomic E-state index is -2.90. The number of aromatic nitrogens is 3. The Hall–Kier alpha value is -2.97. The van der Waals surface area contributed by atoms with Gasteiger partial charge in [0.25, 0.3) is 0 Å². The number of halogens is 2. The fraction of sp³-hybridized carbons (Fsp3) is 0.312. The molecule has 1 aliphatic rings. The maximum atomic E-state index is 12.4. The first-order chi connectivity index (χ1) is 12.0. The van der Waals surface area contributed by atoms with Gasteiger partial charge in [0.05, 0.1) is 12.7 Å².